The molecule has 2 aromatic rings. The van der Waals surface area contributed by atoms with Crippen molar-refractivity contribution in [2.45, 2.75) is 31.8 Å². The number of furan rings is 1. The molecule has 0 aliphatic heterocycles. The lowest BCUT2D eigenvalue weighted by molar-refractivity contribution is 0.493. The Hall–Kier alpha value is -1.63. The van der Waals surface area contributed by atoms with Crippen molar-refractivity contribution in [1.82, 2.24) is 10.0 Å². The number of hydrogen-bond donors (Lipinski definition) is 2. The van der Waals surface area contributed by atoms with Gasteiger partial charge in [-0.1, -0.05) is 30.3 Å². The van der Waals surface area contributed by atoms with Crippen molar-refractivity contribution < 1.29 is 12.8 Å². The lowest BCUT2D eigenvalue weighted by Crippen LogP contribution is -2.25. The topological polar surface area (TPSA) is 71.3 Å². The van der Waals surface area contributed by atoms with Crippen LogP contribution < -0.4 is 10.0 Å². The van der Waals surface area contributed by atoms with Gasteiger partial charge in [0.2, 0.25) is 10.0 Å². The SMILES string of the molecule is CNCc1c(C)oc(C)c1S(=O)(=O)NCc1ccccc1. The predicted octanol–water partition coefficient (Wildman–Crippen LogP) is 2.09. The van der Waals surface area contributed by atoms with Gasteiger partial charge in [0, 0.05) is 18.7 Å². The molecule has 114 valence electrons. The molecule has 0 bridgehead atoms. The zero-order valence-corrected chi connectivity index (χ0v) is 13.3. The van der Waals surface area contributed by atoms with Gasteiger partial charge in [-0.2, -0.15) is 0 Å². The first-order valence-corrected chi connectivity index (χ1v) is 8.21. The Kier molecular flexibility index (Phi) is 4.82. The maximum absolute atomic E-state index is 12.5. The molecule has 21 heavy (non-hydrogen) atoms. The second-order valence-electron chi connectivity index (χ2n) is 4.86. The van der Waals surface area contributed by atoms with Gasteiger partial charge in [0.1, 0.15) is 16.4 Å². The average Bonchev–Trinajstić information content (AvgIpc) is 2.73. The third-order valence-corrected chi connectivity index (χ3v) is 4.85. The van der Waals surface area contributed by atoms with Crippen LogP contribution in [0.2, 0.25) is 0 Å². The summed E-state index contributed by atoms with van der Waals surface area (Å²) in [5.74, 6) is 1.04. The summed E-state index contributed by atoms with van der Waals surface area (Å²) in [7, 11) is -1.83. The number of rotatable bonds is 6. The molecule has 0 aliphatic carbocycles. The van der Waals surface area contributed by atoms with Gasteiger partial charge in [0.05, 0.1) is 0 Å². The summed E-state index contributed by atoms with van der Waals surface area (Å²) in [6, 6.07) is 9.41. The van der Waals surface area contributed by atoms with E-state index >= 15 is 0 Å². The molecule has 0 spiro atoms. The van der Waals surface area contributed by atoms with E-state index in [1.54, 1.807) is 20.9 Å². The van der Waals surface area contributed by atoms with Crippen LogP contribution in [0.5, 0.6) is 0 Å². The lowest BCUT2D eigenvalue weighted by Gasteiger charge is -2.08. The molecule has 6 heteroatoms. The van der Waals surface area contributed by atoms with Crippen LogP contribution >= 0.6 is 0 Å². The number of hydrogen-bond acceptors (Lipinski definition) is 4. The fourth-order valence-corrected chi connectivity index (χ4v) is 3.75. The first kappa shape index (κ1) is 15.8. The maximum atomic E-state index is 12.5. The summed E-state index contributed by atoms with van der Waals surface area (Å²) in [5.41, 5.74) is 1.59. The lowest BCUT2D eigenvalue weighted by atomic mass is 10.2. The Bertz CT molecular complexity index is 706. The van der Waals surface area contributed by atoms with Crippen LogP contribution in [0, 0.1) is 13.8 Å². The van der Waals surface area contributed by atoms with Crippen LogP contribution in [0.4, 0.5) is 0 Å². The second-order valence-corrected chi connectivity index (χ2v) is 6.57. The Balaban J connectivity index is 2.27. The minimum absolute atomic E-state index is 0.241. The smallest absolute Gasteiger partial charge is 0.244 e. The van der Waals surface area contributed by atoms with Crippen LogP contribution in [0.15, 0.2) is 39.6 Å². The summed E-state index contributed by atoms with van der Waals surface area (Å²) in [6.45, 7) is 4.15. The zero-order valence-electron chi connectivity index (χ0n) is 12.4. The van der Waals surface area contributed by atoms with Crippen molar-refractivity contribution in [1.29, 1.82) is 0 Å². The van der Waals surface area contributed by atoms with E-state index in [9.17, 15) is 8.42 Å². The molecule has 0 unspecified atom stereocenters. The van der Waals surface area contributed by atoms with Crippen molar-refractivity contribution in [3.8, 4) is 0 Å². The van der Waals surface area contributed by atoms with Crippen molar-refractivity contribution in [2.75, 3.05) is 7.05 Å². The van der Waals surface area contributed by atoms with Crippen LogP contribution in [0.1, 0.15) is 22.6 Å². The van der Waals surface area contributed by atoms with E-state index in [1.807, 2.05) is 30.3 Å². The first-order valence-electron chi connectivity index (χ1n) is 6.72. The van der Waals surface area contributed by atoms with Crippen molar-refractivity contribution in [2.24, 2.45) is 0 Å². The number of sulfonamides is 1. The highest BCUT2D eigenvalue weighted by molar-refractivity contribution is 7.89. The summed E-state index contributed by atoms with van der Waals surface area (Å²) >= 11 is 0. The quantitative estimate of drug-likeness (QED) is 0.857. The molecule has 0 aliphatic rings. The summed E-state index contributed by atoms with van der Waals surface area (Å²) in [6.07, 6.45) is 0. The largest absolute Gasteiger partial charge is 0.465 e. The van der Waals surface area contributed by atoms with Crippen molar-refractivity contribution in [3.63, 3.8) is 0 Å². The molecule has 0 atom stereocenters. The summed E-state index contributed by atoms with van der Waals surface area (Å²) in [5, 5.41) is 2.97. The molecular formula is C15H20N2O3S. The zero-order chi connectivity index (χ0) is 15.5. The molecular weight excluding hydrogens is 288 g/mol. The number of benzene rings is 1. The van der Waals surface area contributed by atoms with Crippen molar-refractivity contribution >= 4 is 10.0 Å². The highest BCUT2D eigenvalue weighted by Gasteiger charge is 2.26. The van der Waals surface area contributed by atoms with Crippen LogP contribution in [-0.4, -0.2) is 15.5 Å². The first-order chi connectivity index (χ1) is 9.95. The van der Waals surface area contributed by atoms with Gasteiger partial charge in [0.15, 0.2) is 0 Å². The highest BCUT2D eigenvalue weighted by atomic mass is 32.2. The molecule has 0 amide bonds. The molecule has 0 saturated heterocycles. The van der Waals surface area contributed by atoms with Crippen LogP contribution in [-0.2, 0) is 23.1 Å². The third kappa shape index (κ3) is 3.53. The summed E-state index contributed by atoms with van der Waals surface area (Å²) < 4.78 is 33.2. The van der Waals surface area contributed by atoms with Gasteiger partial charge in [0.25, 0.3) is 0 Å². The molecule has 0 saturated carbocycles. The van der Waals surface area contributed by atoms with Gasteiger partial charge < -0.3 is 9.73 Å². The van der Waals surface area contributed by atoms with E-state index in [-0.39, 0.29) is 11.4 Å². The van der Waals surface area contributed by atoms with E-state index in [0.717, 1.165) is 5.56 Å². The van der Waals surface area contributed by atoms with E-state index in [2.05, 4.69) is 10.0 Å². The number of nitrogens with one attached hydrogen (secondary N) is 2. The maximum Gasteiger partial charge on any atom is 0.244 e. The minimum atomic E-state index is -3.60. The normalized spacial score (nSPS) is 11.8. The third-order valence-electron chi connectivity index (χ3n) is 3.26. The van der Waals surface area contributed by atoms with Crippen LogP contribution in [0.3, 0.4) is 0 Å². The second kappa shape index (κ2) is 6.43. The van der Waals surface area contributed by atoms with Gasteiger partial charge >= 0.3 is 0 Å². The Morgan fingerprint density at radius 3 is 2.33 bits per heavy atom. The predicted molar refractivity (Wildman–Crippen MR) is 81.4 cm³/mol. The molecule has 2 rings (SSSR count). The Labute approximate surface area is 125 Å². The monoisotopic (exact) mass is 308 g/mol. The molecule has 0 radical (unpaired) electrons. The minimum Gasteiger partial charge on any atom is -0.465 e. The van der Waals surface area contributed by atoms with E-state index < -0.39 is 10.0 Å². The molecule has 0 fully saturated rings. The Morgan fingerprint density at radius 2 is 1.71 bits per heavy atom. The van der Waals surface area contributed by atoms with Gasteiger partial charge in [-0.3, -0.25) is 0 Å². The molecule has 1 aromatic carbocycles. The van der Waals surface area contributed by atoms with E-state index in [4.69, 9.17) is 4.42 Å². The van der Waals surface area contributed by atoms with Crippen LogP contribution in [0.25, 0.3) is 0 Å². The molecule has 1 heterocycles. The summed E-state index contributed by atoms with van der Waals surface area (Å²) in [4.78, 5) is 0.241. The van der Waals surface area contributed by atoms with E-state index in [0.29, 0.717) is 23.6 Å². The van der Waals surface area contributed by atoms with Gasteiger partial charge in [-0.15, -0.1) is 0 Å². The highest BCUT2D eigenvalue weighted by Crippen LogP contribution is 2.26. The molecule has 5 nitrogen and oxygen atoms in total. The number of aryl methyl sites for hydroxylation is 2. The van der Waals surface area contributed by atoms with Gasteiger partial charge in [-0.05, 0) is 26.5 Å². The molecule has 1 aromatic heterocycles. The van der Waals surface area contributed by atoms with Gasteiger partial charge in [-0.25, -0.2) is 13.1 Å². The fraction of sp³-hybridized carbons (Fsp3) is 0.333. The fourth-order valence-electron chi connectivity index (χ4n) is 2.29. The van der Waals surface area contributed by atoms with Crippen molar-refractivity contribution in [3.05, 3.63) is 53.0 Å². The average molecular weight is 308 g/mol. The van der Waals surface area contributed by atoms with E-state index in [1.165, 1.54) is 0 Å². The Morgan fingerprint density at radius 1 is 1.05 bits per heavy atom. The standard InChI is InChI=1S/C15H20N2O3S/c1-11-14(10-16-3)15(12(2)20-11)21(18,19)17-9-13-7-5-4-6-8-13/h4-8,16-17H,9-10H2,1-3H3. The molecule has 2 N–H and O–H groups in total.